The third-order valence-corrected chi connectivity index (χ3v) is 6.24. The number of benzene rings is 2. The van der Waals surface area contributed by atoms with Gasteiger partial charge in [-0.05, 0) is 73.2 Å². The van der Waals surface area contributed by atoms with E-state index >= 15 is 0 Å². The van der Waals surface area contributed by atoms with Crippen LogP contribution in [0.4, 0.5) is 0 Å². The Hall–Kier alpha value is -3.55. The fourth-order valence-electron chi connectivity index (χ4n) is 4.13. The highest BCUT2D eigenvalue weighted by molar-refractivity contribution is 5.98. The monoisotopic (exact) mass is 481 g/mol. The summed E-state index contributed by atoms with van der Waals surface area (Å²) in [6, 6.07) is 13.1. The van der Waals surface area contributed by atoms with Crippen molar-refractivity contribution in [1.82, 2.24) is 15.5 Å². The van der Waals surface area contributed by atoms with Crippen molar-refractivity contribution < 1.29 is 23.9 Å². The van der Waals surface area contributed by atoms with Crippen LogP contribution in [0, 0.1) is 11.8 Å². The van der Waals surface area contributed by atoms with E-state index in [-0.39, 0.29) is 23.6 Å². The standard InChI is InChI=1S/C27H35N3O5/c1-18(2)17-28-26(32)24(29-25(31)20-5-9-22(34-3)10-6-20)19-13-15-30(16-14-19)27(33)21-7-11-23(35-4)12-8-21/h5-12,18-19,24H,13-17H2,1-4H3,(H,28,32)(H,29,31). The molecule has 8 heteroatoms. The minimum atomic E-state index is -0.679. The molecule has 3 amide bonds. The maximum atomic E-state index is 13.1. The van der Waals surface area contributed by atoms with E-state index in [4.69, 9.17) is 9.47 Å². The zero-order chi connectivity index (χ0) is 25.4. The second-order valence-electron chi connectivity index (χ2n) is 9.18. The quantitative estimate of drug-likeness (QED) is 0.574. The Labute approximate surface area is 207 Å². The Balaban J connectivity index is 1.67. The van der Waals surface area contributed by atoms with Crippen molar-refractivity contribution in [2.45, 2.75) is 32.7 Å². The number of nitrogens with one attached hydrogen (secondary N) is 2. The average Bonchev–Trinajstić information content (AvgIpc) is 2.90. The van der Waals surface area contributed by atoms with Crippen LogP contribution in [-0.4, -0.2) is 62.5 Å². The zero-order valence-electron chi connectivity index (χ0n) is 20.9. The van der Waals surface area contributed by atoms with E-state index in [1.54, 1.807) is 67.7 Å². The van der Waals surface area contributed by atoms with Crippen LogP contribution < -0.4 is 20.1 Å². The number of piperidine rings is 1. The number of hydrogen-bond donors (Lipinski definition) is 2. The molecule has 0 aliphatic carbocycles. The summed E-state index contributed by atoms with van der Waals surface area (Å²) in [4.78, 5) is 40.7. The van der Waals surface area contributed by atoms with Crippen molar-refractivity contribution in [3.8, 4) is 11.5 Å². The maximum absolute atomic E-state index is 13.1. The first-order chi connectivity index (χ1) is 16.8. The second kappa shape index (κ2) is 12.2. The molecule has 0 radical (unpaired) electrons. The third-order valence-electron chi connectivity index (χ3n) is 6.24. The number of amides is 3. The molecule has 1 heterocycles. The van der Waals surface area contributed by atoms with Gasteiger partial charge in [-0.15, -0.1) is 0 Å². The van der Waals surface area contributed by atoms with Gasteiger partial charge >= 0.3 is 0 Å². The lowest BCUT2D eigenvalue weighted by molar-refractivity contribution is -0.124. The van der Waals surface area contributed by atoms with Gasteiger partial charge in [0.25, 0.3) is 11.8 Å². The van der Waals surface area contributed by atoms with Crippen LogP contribution in [0.15, 0.2) is 48.5 Å². The minimum Gasteiger partial charge on any atom is -0.497 e. The first-order valence-electron chi connectivity index (χ1n) is 12.0. The molecule has 1 aliphatic rings. The highest BCUT2D eigenvalue weighted by Gasteiger charge is 2.34. The van der Waals surface area contributed by atoms with Gasteiger partial charge in [-0.2, -0.15) is 0 Å². The molecule has 0 saturated carbocycles. The fourth-order valence-corrected chi connectivity index (χ4v) is 4.13. The van der Waals surface area contributed by atoms with Crippen molar-refractivity contribution in [1.29, 1.82) is 0 Å². The number of ether oxygens (including phenoxy) is 2. The molecule has 3 rings (SSSR count). The van der Waals surface area contributed by atoms with E-state index in [1.807, 2.05) is 13.8 Å². The third kappa shape index (κ3) is 6.97. The zero-order valence-corrected chi connectivity index (χ0v) is 20.9. The summed E-state index contributed by atoms with van der Waals surface area (Å²) in [6.45, 7) is 5.61. The van der Waals surface area contributed by atoms with Crippen LogP contribution in [0.5, 0.6) is 11.5 Å². The van der Waals surface area contributed by atoms with E-state index in [2.05, 4.69) is 10.6 Å². The largest absolute Gasteiger partial charge is 0.497 e. The summed E-state index contributed by atoms with van der Waals surface area (Å²) >= 11 is 0. The highest BCUT2D eigenvalue weighted by Crippen LogP contribution is 2.24. The molecule has 1 unspecified atom stereocenters. The van der Waals surface area contributed by atoms with Crippen molar-refractivity contribution in [3.63, 3.8) is 0 Å². The normalized spacial score (nSPS) is 14.8. The van der Waals surface area contributed by atoms with Crippen LogP contribution in [0.2, 0.25) is 0 Å². The summed E-state index contributed by atoms with van der Waals surface area (Å²) in [5.41, 5.74) is 1.06. The molecule has 0 aromatic heterocycles. The molecule has 1 saturated heterocycles. The van der Waals surface area contributed by atoms with Gasteiger partial charge in [0.05, 0.1) is 14.2 Å². The molecule has 2 N–H and O–H groups in total. The van der Waals surface area contributed by atoms with Gasteiger partial charge in [0.2, 0.25) is 5.91 Å². The molecule has 8 nitrogen and oxygen atoms in total. The van der Waals surface area contributed by atoms with Gasteiger partial charge in [0, 0.05) is 30.8 Å². The lowest BCUT2D eigenvalue weighted by Crippen LogP contribution is -2.54. The number of methoxy groups -OCH3 is 2. The predicted octanol–water partition coefficient (Wildman–Crippen LogP) is 3.13. The first kappa shape index (κ1) is 26.1. The summed E-state index contributed by atoms with van der Waals surface area (Å²) in [7, 11) is 3.15. The number of carbonyl (C=O) groups excluding carboxylic acids is 3. The fraction of sp³-hybridized carbons (Fsp3) is 0.444. The van der Waals surface area contributed by atoms with Gasteiger partial charge in [-0.1, -0.05) is 13.8 Å². The molecule has 0 spiro atoms. The maximum Gasteiger partial charge on any atom is 0.253 e. The van der Waals surface area contributed by atoms with Crippen LogP contribution in [0.25, 0.3) is 0 Å². The molecule has 1 aliphatic heterocycles. The van der Waals surface area contributed by atoms with Gasteiger partial charge in [-0.3, -0.25) is 14.4 Å². The van der Waals surface area contributed by atoms with Gasteiger partial charge < -0.3 is 25.0 Å². The molecular weight excluding hydrogens is 446 g/mol. The highest BCUT2D eigenvalue weighted by atomic mass is 16.5. The summed E-state index contributed by atoms with van der Waals surface area (Å²) in [5, 5.41) is 5.90. The van der Waals surface area contributed by atoms with Crippen LogP contribution >= 0.6 is 0 Å². The van der Waals surface area contributed by atoms with E-state index in [1.165, 1.54) is 0 Å². The van der Waals surface area contributed by atoms with Gasteiger partial charge in [0.15, 0.2) is 0 Å². The van der Waals surface area contributed by atoms with E-state index in [0.29, 0.717) is 61.0 Å². The summed E-state index contributed by atoms with van der Waals surface area (Å²) in [6.07, 6.45) is 1.23. The average molecular weight is 482 g/mol. The van der Waals surface area contributed by atoms with Crippen molar-refractivity contribution >= 4 is 17.7 Å². The Morgan fingerprint density at radius 2 is 1.40 bits per heavy atom. The Morgan fingerprint density at radius 3 is 1.89 bits per heavy atom. The smallest absolute Gasteiger partial charge is 0.253 e. The van der Waals surface area contributed by atoms with Crippen molar-refractivity contribution in [2.75, 3.05) is 33.9 Å². The number of hydrogen-bond acceptors (Lipinski definition) is 5. The van der Waals surface area contributed by atoms with Gasteiger partial charge in [0.1, 0.15) is 17.5 Å². The molecule has 188 valence electrons. The van der Waals surface area contributed by atoms with Crippen LogP contribution in [-0.2, 0) is 4.79 Å². The van der Waals surface area contributed by atoms with Crippen molar-refractivity contribution in [2.24, 2.45) is 11.8 Å². The van der Waals surface area contributed by atoms with E-state index in [0.717, 1.165) is 0 Å². The van der Waals surface area contributed by atoms with E-state index in [9.17, 15) is 14.4 Å². The van der Waals surface area contributed by atoms with E-state index < -0.39 is 6.04 Å². The predicted molar refractivity (Wildman–Crippen MR) is 134 cm³/mol. The molecular formula is C27H35N3O5. The minimum absolute atomic E-state index is 0.0471. The number of nitrogens with zero attached hydrogens (tertiary/aromatic N) is 1. The number of carbonyl (C=O) groups is 3. The molecule has 2 aromatic carbocycles. The second-order valence-corrected chi connectivity index (χ2v) is 9.18. The topological polar surface area (TPSA) is 97.0 Å². The molecule has 2 aromatic rings. The molecule has 1 fully saturated rings. The molecule has 1 atom stereocenters. The Morgan fingerprint density at radius 1 is 0.886 bits per heavy atom. The van der Waals surface area contributed by atoms with Gasteiger partial charge in [-0.25, -0.2) is 0 Å². The van der Waals surface area contributed by atoms with Crippen LogP contribution in [0.1, 0.15) is 47.4 Å². The number of likely N-dealkylation sites (tertiary alicyclic amines) is 1. The summed E-state index contributed by atoms with van der Waals surface area (Å²) < 4.78 is 10.3. The Bertz CT molecular complexity index is 996. The molecule has 35 heavy (non-hydrogen) atoms. The van der Waals surface area contributed by atoms with Crippen LogP contribution in [0.3, 0.4) is 0 Å². The Kier molecular flexibility index (Phi) is 9.11. The summed E-state index contributed by atoms with van der Waals surface area (Å²) in [5.74, 6) is 1.01. The lowest BCUT2D eigenvalue weighted by Gasteiger charge is -2.36. The van der Waals surface area contributed by atoms with Crippen molar-refractivity contribution in [3.05, 3.63) is 59.7 Å². The first-order valence-corrected chi connectivity index (χ1v) is 12.0. The molecule has 0 bridgehead atoms. The number of rotatable bonds is 9. The SMILES string of the molecule is COc1ccc(C(=O)NC(C(=O)NCC(C)C)C2CCN(C(=O)c3ccc(OC)cc3)CC2)cc1. The lowest BCUT2D eigenvalue weighted by atomic mass is 9.88.